The molecular formula is C27H40N2O12S3-2. The van der Waals surface area contributed by atoms with Crippen LogP contribution in [0, 0.1) is 11.8 Å². The van der Waals surface area contributed by atoms with E-state index in [0.29, 0.717) is 31.2 Å². The Balaban J connectivity index is 2.66. The Morgan fingerprint density at radius 2 is 1.68 bits per heavy atom. The summed E-state index contributed by atoms with van der Waals surface area (Å²) in [5.74, 6) is -4.99. The molecule has 2 rings (SSSR count). The van der Waals surface area contributed by atoms with Crippen LogP contribution >= 0.6 is 0 Å². The van der Waals surface area contributed by atoms with Crippen molar-refractivity contribution < 1.29 is 54.5 Å². The summed E-state index contributed by atoms with van der Waals surface area (Å²) in [6.07, 6.45) is 0.772. The van der Waals surface area contributed by atoms with Crippen molar-refractivity contribution in [2.45, 2.75) is 74.1 Å². The molecule has 250 valence electrons. The van der Waals surface area contributed by atoms with Crippen LogP contribution in [0.3, 0.4) is 0 Å². The van der Waals surface area contributed by atoms with Crippen LogP contribution < -0.4 is 11.1 Å². The number of benzene rings is 1. The summed E-state index contributed by atoms with van der Waals surface area (Å²) in [6.45, 7) is 1.40. The Morgan fingerprint density at radius 1 is 1.09 bits per heavy atom. The molecule has 5 unspecified atom stereocenters. The number of hydrogen-bond donors (Lipinski definition) is 2. The van der Waals surface area contributed by atoms with E-state index in [2.05, 4.69) is 5.32 Å². The van der Waals surface area contributed by atoms with E-state index in [4.69, 9.17) is 19.9 Å². The van der Waals surface area contributed by atoms with E-state index in [1.165, 1.54) is 6.92 Å². The van der Waals surface area contributed by atoms with Crippen molar-refractivity contribution in [1.29, 1.82) is 0 Å². The summed E-state index contributed by atoms with van der Waals surface area (Å²) in [4.78, 5) is 40.1. The lowest BCUT2D eigenvalue weighted by molar-refractivity contribution is -0.183. The van der Waals surface area contributed by atoms with Crippen LogP contribution in [0.2, 0.25) is 0 Å². The smallest absolute Gasteiger partial charge is 0.510 e. The second-order valence-corrected chi connectivity index (χ2v) is 15.6. The Hall–Kier alpha value is -2.44. The highest BCUT2D eigenvalue weighted by Gasteiger charge is 2.54. The molecule has 1 saturated carbocycles. The predicted molar refractivity (Wildman–Crippen MR) is 159 cm³/mol. The topological polar surface area (TPSA) is 231 Å². The number of methoxy groups -OCH3 is 1. The fraction of sp³-hybridized carbons (Fsp3) is 0.667. The van der Waals surface area contributed by atoms with Gasteiger partial charge in [0.05, 0.1) is 19.5 Å². The highest BCUT2D eigenvalue weighted by atomic mass is 32.3. The van der Waals surface area contributed by atoms with Gasteiger partial charge in [0.15, 0.2) is 0 Å². The minimum absolute atomic E-state index is 0.107. The van der Waals surface area contributed by atoms with Crippen molar-refractivity contribution >= 4 is 50.0 Å². The van der Waals surface area contributed by atoms with Gasteiger partial charge in [-0.05, 0) is 66.8 Å². The third-order valence-corrected chi connectivity index (χ3v) is 11.5. The molecule has 17 heteroatoms. The Bertz CT molecular complexity index is 1270. The molecule has 1 aliphatic carbocycles. The van der Waals surface area contributed by atoms with E-state index in [0.717, 1.165) is 19.8 Å². The summed E-state index contributed by atoms with van der Waals surface area (Å²) in [7, 11) is -2.63. The monoisotopic (exact) mass is 680 g/mol. The highest BCUT2D eigenvalue weighted by Crippen LogP contribution is 2.37. The summed E-state index contributed by atoms with van der Waals surface area (Å²) in [6, 6.07) is 6.49. The lowest BCUT2D eigenvalue weighted by Crippen LogP contribution is -2.64. The maximum Gasteiger partial charge on any atom is 0.510 e. The van der Waals surface area contributed by atoms with Crippen LogP contribution in [0.4, 0.5) is 4.79 Å². The minimum atomic E-state index is -3.66. The maximum atomic E-state index is 14.1. The van der Waals surface area contributed by atoms with E-state index in [-0.39, 0.29) is 13.0 Å². The van der Waals surface area contributed by atoms with Crippen molar-refractivity contribution in [2.75, 3.05) is 25.7 Å². The number of amides is 1. The third-order valence-electron chi connectivity index (χ3n) is 7.64. The Labute approximate surface area is 262 Å². The molecule has 1 amide bonds. The molecule has 0 bridgehead atoms. The molecule has 3 N–H and O–H groups in total. The van der Waals surface area contributed by atoms with Crippen molar-refractivity contribution in [3.05, 3.63) is 35.9 Å². The summed E-state index contributed by atoms with van der Waals surface area (Å²) < 4.78 is 86.6. The van der Waals surface area contributed by atoms with Crippen LogP contribution in [-0.2, 0) is 62.2 Å². The number of hydrogen-bond acceptors (Lipinski definition) is 13. The number of esters is 1. The van der Waals surface area contributed by atoms with Crippen LogP contribution in [-0.4, -0.2) is 85.5 Å². The maximum absolute atomic E-state index is 14.1. The molecule has 1 fully saturated rings. The van der Waals surface area contributed by atoms with Gasteiger partial charge in [0.25, 0.3) is 5.72 Å². The molecule has 0 aromatic heterocycles. The average Bonchev–Trinajstić information content (AvgIpc) is 2.97. The van der Waals surface area contributed by atoms with E-state index in [1.54, 1.807) is 30.3 Å². The Morgan fingerprint density at radius 3 is 2.18 bits per heavy atom. The van der Waals surface area contributed by atoms with Gasteiger partial charge < -0.3 is 34.4 Å². The van der Waals surface area contributed by atoms with Gasteiger partial charge in [0.2, 0.25) is 5.91 Å². The number of sulfone groups is 1. The standard InChI is InChI=1S/C27H42N2O12S3/c1-4-40-25(32)41-27(24(31)39-2,21-13-9-6-10-14-21)29-23(30)20(17-19-11-7-5-8-12-19)18-26(42(33)34,43(35)36)22(28)15-16-44(3,37)38/h5,7-8,11-12,20-22H,4,6,9-10,13-18,28H2,1-3H3,(H,29,30)(H,33,34)(H,35,36)/p-2. The largest absolute Gasteiger partial charge is 0.771 e. The van der Waals surface area contributed by atoms with Crippen molar-refractivity contribution in [3.63, 3.8) is 0 Å². The van der Waals surface area contributed by atoms with E-state index < -0.39 is 96.3 Å². The summed E-state index contributed by atoms with van der Waals surface area (Å²) >= 11 is -6.91. The zero-order chi connectivity index (χ0) is 33.1. The normalized spacial score (nSPS) is 19.7. The van der Waals surface area contributed by atoms with Crippen LogP contribution in [0.1, 0.15) is 57.4 Å². The molecule has 0 radical (unpaired) electrons. The van der Waals surface area contributed by atoms with E-state index in [9.17, 15) is 40.3 Å². The van der Waals surface area contributed by atoms with Gasteiger partial charge in [-0.25, -0.2) is 18.0 Å². The van der Waals surface area contributed by atoms with Gasteiger partial charge in [-0.15, -0.1) is 0 Å². The van der Waals surface area contributed by atoms with E-state index in [1.807, 2.05) is 0 Å². The molecule has 0 saturated heterocycles. The van der Waals surface area contributed by atoms with Crippen molar-refractivity contribution in [3.8, 4) is 0 Å². The molecule has 1 aromatic rings. The van der Waals surface area contributed by atoms with Crippen molar-refractivity contribution in [2.24, 2.45) is 17.6 Å². The van der Waals surface area contributed by atoms with Gasteiger partial charge in [0, 0.05) is 24.1 Å². The van der Waals surface area contributed by atoms with Gasteiger partial charge in [0.1, 0.15) is 13.9 Å². The van der Waals surface area contributed by atoms with Crippen LogP contribution in [0.5, 0.6) is 0 Å². The van der Waals surface area contributed by atoms with Gasteiger partial charge in [-0.3, -0.25) is 13.2 Å². The minimum Gasteiger partial charge on any atom is -0.771 e. The van der Waals surface area contributed by atoms with E-state index >= 15 is 0 Å². The number of nitrogens with two attached hydrogens (primary N) is 1. The fourth-order valence-electron chi connectivity index (χ4n) is 5.35. The second-order valence-electron chi connectivity index (χ2n) is 10.7. The van der Waals surface area contributed by atoms with Crippen molar-refractivity contribution in [1.82, 2.24) is 5.32 Å². The zero-order valence-electron chi connectivity index (χ0n) is 24.9. The number of ether oxygens (including phenoxy) is 3. The van der Waals surface area contributed by atoms with Crippen LogP contribution in [0.15, 0.2) is 30.3 Å². The second kappa shape index (κ2) is 16.7. The SMILES string of the molecule is CCOC(=O)OC(NC(=O)C(Cc1ccccc1)CC(C(N)CCS(C)(=O)=O)(S(=O)[O-])S(=O)[O-])(C(=O)OC)C1CCCCC1. The predicted octanol–water partition coefficient (Wildman–Crippen LogP) is 1.19. The van der Waals surface area contributed by atoms with Gasteiger partial charge in [-0.2, -0.15) is 0 Å². The molecule has 14 nitrogen and oxygen atoms in total. The lowest BCUT2D eigenvalue weighted by Gasteiger charge is -2.44. The molecule has 0 spiro atoms. The third kappa shape index (κ3) is 9.78. The van der Waals surface area contributed by atoms with Crippen LogP contribution in [0.25, 0.3) is 0 Å². The Kier molecular flexibility index (Phi) is 14.4. The first kappa shape index (κ1) is 37.7. The number of carbonyl (C=O) groups is 3. The molecule has 1 aromatic carbocycles. The number of carbonyl (C=O) groups excluding carboxylic acids is 3. The number of nitrogens with one attached hydrogen (secondary N) is 1. The number of rotatable bonds is 16. The van der Waals surface area contributed by atoms with Gasteiger partial charge >= 0.3 is 12.1 Å². The fourth-order valence-corrected chi connectivity index (χ4v) is 7.88. The molecule has 0 aliphatic heterocycles. The highest BCUT2D eigenvalue weighted by molar-refractivity contribution is 7.99. The molecule has 44 heavy (non-hydrogen) atoms. The first-order valence-corrected chi connectivity index (χ1v) is 18.3. The lowest BCUT2D eigenvalue weighted by atomic mass is 9.80. The first-order valence-electron chi connectivity index (χ1n) is 14.0. The molecule has 5 atom stereocenters. The average molecular weight is 681 g/mol. The zero-order valence-corrected chi connectivity index (χ0v) is 27.3. The molecular weight excluding hydrogens is 640 g/mol. The first-order chi connectivity index (χ1) is 20.6. The molecule has 0 heterocycles. The summed E-state index contributed by atoms with van der Waals surface area (Å²) in [5.41, 5.74) is 4.21. The molecule has 1 aliphatic rings. The quantitative estimate of drug-likeness (QED) is 0.142. The van der Waals surface area contributed by atoms with Gasteiger partial charge in [-0.1, -0.05) is 49.6 Å². The summed E-state index contributed by atoms with van der Waals surface area (Å²) in [5, 5.41) is 2.48.